The van der Waals surface area contributed by atoms with Gasteiger partial charge in [0, 0.05) is 18.7 Å². The zero-order valence-corrected chi connectivity index (χ0v) is 18.5. The van der Waals surface area contributed by atoms with Gasteiger partial charge in [-0.05, 0) is 37.6 Å². The van der Waals surface area contributed by atoms with Crippen LogP contribution in [0.3, 0.4) is 0 Å². The second kappa shape index (κ2) is 8.75. The number of nitrogens with zero attached hydrogens (tertiary/aromatic N) is 1. The minimum Gasteiger partial charge on any atom is -0.382 e. The molecule has 1 atom stereocenters. The van der Waals surface area contributed by atoms with Gasteiger partial charge in [-0.15, -0.1) is 0 Å². The van der Waals surface area contributed by atoms with Crippen molar-refractivity contribution in [3.63, 3.8) is 0 Å². The highest BCUT2D eigenvalue weighted by Gasteiger charge is 2.45. The molecule has 4 amide bonds. The molecular formula is C22H21N3O7S. The van der Waals surface area contributed by atoms with E-state index in [2.05, 4.69) is 10.6 Å². The summed E-state index contributed by atoms with van der Waals surface area (Å²) in [6, 6.07) is 9.80. The van der Waals surface area contributed by atoms with Crippen LogP contribution in [0.2, 0.25) is 0 Å². The average Bonchev–Trinajstić information content (AvgIpc) is 3.03. The Bertz CT molecular complexity index is 1260. The summed E-state index contributed by atoms with van der Waals surface area (Å²) in [5.74, 6) is -2.41. The molecule has 0 bridgehead atoms. The van der Waals surface area contributed by atoms with Crippen molar-refractivity contribution < 1.29 is 31.8 Å². The van der Waals surface area contributed by atoms with Crippen LogP contribution >= 0.6 is 0 Å². The Hall–Kier alpha value is -3.57. The van der Waals surface area contributed by atoms with Crippen LogP contribution in [0.4, 0.5) is 5.69 Å². The van der Waals surface area contributed by atoms with E-state index >= 15 is 0 Å². The number of piperidine rings is 1. The maximum absolute atomic E-state index is 13.0. The van der Waals surface area contributed by atoms with E-state index in [4.69, 9.17) is 4.18 Å². The van der Waals surface area contributed by atoms with Crippen molar-refractivity contribution >= 4 is 39.4 Å². The number of anilines is 1. The van der Waals surface area contributed by atoms with Gasteiger partial charge >= 0.3 is 0 Å². The third-order valence-electron chi connectivity index (χ3n) is 5.43. The zero-order chi connectivity index (χ0) is 23.8. The van der Waals surface area contributed by atoms with Crippen LogP contribution in [0, 0.1) is 6.92 Å². The average molecular weight is 471 g/mol. The number of hydrogen-bond donors (Lipinski definition) is 2. The van der Waals surface area contributed by atoms with Crippen LogP contribution in [-0.2, 0) is 23.9 Å². The number of imide groups is 2. The van der Waals surface area contributed by atoms with Gasteiger partial charge in [-0.2, -0.15) is 8.42 Å². The molecule has 2 aliphatic rings. The first-order valence-electron chi connectivity index (χ1n) is 10.2. The Balaban J connectivity index is 1.44. The molecule has 0 aliphatic carbocycles. The molecule has 0 spiro atoms. The molecule has 1 fully saturated rings. The van der Waals surface area contributed by atoms with E-state index in [9.17, 15) is 27.6 Å². The van der Waals surface area contributed by atoms with E-state index in [1.54, 1.807) is 24.3 Å². The molecule has 33 heavy (non-hydrogen) atoms. The molecule has 0 radical (unpaired) electrons. The summed E-state index contributed by atoms with van der Waals surface area (Å²) in [5.41, 5.74) is 1.45. The molecular weight excluding hydrogens is 450 g/mol. The maximum atomic E-state index is 13.0. The first kappa shape index (κ1) is 22.6. The largest absolute Gasteiger partial charge is 0.382 e. The van der Waals surface area contributed by atoms with E-state index in [-0.39, 0.29) is 42.0 Å². The second-order valence-corrected chi connectivity index (χ2v) is 9.31. The van der Waals surface area contributed by atoms with E-state index in [1.165, 1.54) is 18.2 Å². The van der Waals surface area contributed by atoms with Crippen molar-refractivity contribution in [1.29, 1.82) is 0 Å². The van der Waals surface area contributed by atoms with Crippen LogP contribution in [0.25, 0.3) is 0 Å². The fourth-order valence-electron chi connectivity index (χ4n) is 3.77. The smallest absolute Gasteiger partial charge is 0.297 e. The molecule has 2 aromatic rings. The molecule has 2 aliphatic heterocycles. The molecule has 2 heterocycles. The number of amides is 4. The molecule has 1 unspecified atom stereocenters. The summed E-state index contributed by atoms with van der Waals surface area (Å²) in [6.07, 6.45) is 0.0886. The van der Waals surface area contributed by atoms with Crippen LogP contribution < -0.4 is 10.6 Å². The van der Waals surface area contributed by atoms with Crippen molar-refractivity contribution in [2.45, 2.75) is 30.7 Å². The van der Waals surface area contributed by atoms with Crippen molar-refractivity contribution in [3.05, 3.63) is 59.2 Å². The minimum absolute atomic E-state index is 0.0295. The van der Waals surface area contributed by atoms with Crippen LogP contribution in [0.1, 0.15) is 39.1 Å². The van der Waals surface area contributed by atoms with Gasteiger partial charge in [0.15, 0.2) is 0 Å². The standard InChI is InChI=1S/C22H21N3O7S/c1-13-5-7-14(8-6-13)33(30,31)32-12-11-23-16-4-2-3-15-19(16)22(29)25(21(15)28)17-9-10-18(26)24-20(17)27/h2-8,17,23H,9-12H2,1H3,(H,24,26,27). The summed E-state index contributed by atoms with van der Waals surface area (Å²) in [4.78, 5) is 50.4. The summed E-state index contributed by atoms with van der Waals surface area (Å²) >= 11 is 0. The third-order valence-corrected chi connectivity index (χ3v) is 6.76. The topological polar surface area (TPSA) is 139 Å². The summed E-state index contributed by atoms with van der Waals surface area (Å²) < 4.78 is 29.6. The van der Waals surface area contributed by atoms with E-state index < -0.39 is 39.8 Å². The number of nitrogens with one attached hydrogen (secondary N) is 2. The fourth-order valence-corrected chi connectivity index (χ4v) is 4.68. The van der Waals surface area contributed by atoms with Crippen molar-refractivity contribution in [2.24, 2.45) is 0 Å². The van der Waals surface area contributed by atoms with Gasteiger partial charge in [-0.25, -0.2) is 0 Å². The highest BCUT2D eigenvalue weighted by molar-refractivity contribution is 7.86. The molecule has 2 N–H and O–H groups in total. The first-order valence-corrected chi connectivity index (χ1v) is 11.6. The summed E-state index contributed by atoms with van der Waals surface area (Å²) in [5, 5.41) is 5.08. The molecule has 2 aromatic carbocycles. The molecule has 172 valence electrons. The second-order valence-electron chi connectivity index (χ2n) is 7.69. The van der Waals surface area contributed by atoms with Crippen LogP contribution in [-0.4, -0.2) is 56.1 Å². The predicted molar refractivity (Wildman–Crippen MR) is 116 cm³/mol. The lowest BCUT2D eigenvalue weighted by Gasteiger charge is -2.27. The van der Waals surface area contributed by atoms with Crippen LogP contribution in [0.5, 0.6) is 0 Å². The molecule has 11 heteroatoms. The van der Waals surface area contributed by atoms with E-state index in [0.717, 1.165) is 10.5 Å². The molecule has 1 saturated heterocycles. The van der Waals surface area contributed by atoms with Gasteiger partial charge in [0.25, 0.3) is 21.9 Å². The van der Waals surface area contributed by atoms with E-state index in [1.807, 2.05) is 6.92 Å². The summed E-state index contributed by atoms with van der Waals surface area (Å²) in [6.45, 7) is 1.67. The van der Waals surface area contributed by atoms with Gasteiger partial charge in [0.2, 0.25) is 11.8 Å². The monoisotopic (exact) mass is 471 g/mol. The Morgan fingerprint density at radius 3 is 2.48 bits per heavy atom. The van der Waals surface area contributed by atoms with Gasteiger partial charge in [-0.1, -0.05) is 23.8 Å². The number of aryl methyl sites for hydroxylation is 1. The van der Waals surface area contributed by atoms with Crippen molar-refractivity contribution in [2.75, 3.05) is 18.5 Å². The fraction of sp³-hybridized carbons (Fsp3) is 0.273. The maximum Gasteiger partial charge on any atom is 0.297 e. The number of benzene rings is 2. The van der Waals surface area contributed by atoms with Gasteiger partial charge in [0.05, 0.1) is 22.6 Å². The SMILES string of the molecule is Cc1ccc(S(=O)(=O)OCCNc2cccc3c2C(=O)N(C2CCC(=O)NC2=O)C3=O)cc1. The number of rotatable bonds is 7. The number of hydrogen-bond acceptors (Lipinski definition) is 8. The van der Waals surface area contributed by atoms with Gasteiger partial charge in [0.1, 0.15) is 6.04 Å². The predicted octanol–water partition coefficient (Wildman–Crippen LogP) is 1.21. The lowest BCUT2D eigenvalue weighted by molar-refractivity contribution is -0.136. The zero-order valence-electron chi connectivity index (χ0n) is 17.7. The number of carbonyl (C=O) groups is 4. The Morgan fingerprint density at radius 1 is 1.06 bits per heavy atom. The normalized spacial score (nSPS) is 18.3. The highest BCUT2D eigenvalue weighted by atomic mass is 32.2. The van der Waals surface area contributed by atoms with Crippen molar-refractivity contribution in [3.8, 4) is 0 Å². The number of carbonyl (C=O) groups excluding carboxylic acids is 4. The van der Waals surface area contributed by atoms with E-state index in [0.29, 0.717) is 5.69 Å². The quantitative estimate of drug-likeness (QED) is 0.349. The minimum atomic E-state index is -3.94. The molecule has 0 saturated carbocycles. The first-order chi connectivity index (χ1) is 15.7. The Labute approximate surface area is 190 Å². The highest BCUT2D eigenvalue weighted by Crippen LogP contribution is 2.32. The third kappa shape index (κ3) is 4.37. The molecule has 4 rings (SSSR count). The Kier molecular flexibility index (Phi) is 6.00. The Morgan fingerprint density at radius 2 is 1.79 bits per heavy atom. The summed E-state index contributed by atoms with van der Waals surface area (Å²) in [7, 11) is -3.94. The van der Waals surface area contributed by atoms with Gasteiger partial charge in [-0.3, -0.25) is 33.6 Å². The van der Waals surface area contributed by atoms with Crippen molar-refractivity contribution in [1.82, 2.24) is 10.2 Å². The molecule has 10 nitrogen and oxygen atoms in total. The van der Waals surface area contributed by atoms with Gasteiger partial charge < -0.3 is 5.32 Å². The lowest BCUT2D eigenvalue weighted by Crippen LogP contribution is -2.54. The molecule has 0 aromatic heterocycles. The number of fused-ring (bicyclic) bond motifs is 1. The lowest BCUT2D eigenvalue weighted by atomic mass is 10.0. The van der Waals surface area contributed by atoms with Crippen LogP contribution in [0.15, 0.2) is 47.4 Å².